The number of phenols is 1. The van der Waals surface area contributed by atoms with Gasteiger partial charge in [-0.05, 0) is 36.6 Å². The van der Waals surface area contributed by atoms with E-state index < -0.39 is 0 Å². The summed E-state index contributed by atoms with van der Waals surface area (Å²) in [5.74, 6) is 0.319. The van der Waals surface area contributed by atoms with Crippen molar-refractivity contribution in [3.8, 4) is 5.75 Å². The summed E-state index contributed by atoms with van der Waals surface area (Å²) >= 11 is 3.47. The van der Waals surface area contributed by atoms with Crippen molar-refractivity contribution in [2.75, 3.05) is 0 Å². The first-order valence-corrected chi connectivity index (χ1v) is 5.91. The van der Waals surface area contributed by atoms with Crippen LogP contribution in [0.25, 0.3) is 0 Å². The van der Waals surface area contributed by atoms with E-state index in [-0.39, 0.29) is 0 Å². The highest BCUT2D eigenvalue weighted by atomic mass is 79.9. The van der Waals surface area contributed by atoms with Crippen molar-refractivity contribution in [2.24, 2.45) is 0 Å². The third kappa shape index (κ3) is 2.83. The highest BCUT2D eigenvalue weighted by Crippen LogP contribution is 2.22. The number of aromatic hydroxyl groups is 1. The number of nitrogens with one attached hydrogen (secondary N) is 1. The van der Waals surface area contributed by atoms with E-state index >= 15 is 0 Å². The van der Waals surface area contributed by atoms with Crippen LogP contribution < -0.4 is 5.32 Å². The van der Waals surface area contributed by atoms with Crippen molar-refractivity contribution in [2.45, 2.75) is 25.4 Å². The minimum Gasteiger partial charge on any atom is -0.508 e. The van der Waals surface area contributed by atoms with Crippen molar-refractivity contribution < 1.29 is 5.11 Å². The van der Waals surface area contributed by atoms with Gasteiger partial charge in [0.15, 0.2) is 0 Å². The smallest absolute Gasteiger partial charge is 0.115 e. The van der Waals surface area contributed by atoms with Gasteiger partial charge < -0.3 is 10.4 Å². The molecule has 80 valence electrons. The zero-order valence-corrected chi connectivity index (χ0v) is 10.00. The molecule has 0 amide bonds. The highest BCUT2D eigenvalue weighted by Gasteiger charge is 2.10. The summed E-state index contributed by atoms with van der Waals surface area (Å²) in [6.45, 7) is 0.793. The summed E-state index contributed by atoms with van der Waals surface area (Å²) in [5, 5.41) is 12.8. The fraction of sp³-hybridized carbons (Fsp3) is 0.333. The fourth-order valence-electron chi connectivity index (χ4n) is 1.73. The van der Waals surface area contributed by atoms with Gasteiger partial charge >= 0.3 is 0 Å². The summed E-state index contributed by atoms with van der Waals surface area (Å²) in [6.07, 6.45) is 6.62. The first-order valence-electron chi connectivity index (χ1n) is 5.11. The molecule has 0 unspecified atom stereocenters. The molecule has 0 aromatic heterocycles. The molecule has 1 aliphatic rings. The highest BCUT2D eigenvalue weighted by molar-refractivity contribution is 9.10. The summed E-state index contributed by atoms with van der Waals surface area (Å²) in [5.41, 5.74) is 1.10. The summed E-state index contributed by atoms with van der Waals surface area (Å²) in [7, 11) is 0. The van der Waals surface area contributed by atoms with E-state index in [1.165, 1.54) is 0 Å². The van der Waals surface area contributed by atoms with E-state index in [0.29, 0.717) is 11.8 Å². The van der Waals surface area contributed by atoms with E-state index in [0.717, 1.165) is 29.4 Å². The van der Waals surface area contributed by atoms with Crippen LogP contribution in [0.2, 0.25) is 0 Å². The molecule has 0 saturated carbocycles. The quantitative estimate of drug-likeness (QED) is 0.826. The number of rotatable bonds is 3. The van der Waals surface area contributed by atoms with Gasteiger partial charge in [0.1, 0.15) is 5.75 Å². The van der Waals surface area contributed by atoms with Gasteiger partial charge in [-0.25, -0.2) is 0 Å². The topological polar surface area (TPSA) is 32.3 Å². The second-order valence-corrected chi connectivity index (χ2v) is 4.65. The van der Waals surface area contributed by atoms with Gasteiger partial charge in [0, 0.05) is 17.1 Å². The lowest BCUT2D eigenvalue weighted by molar-refractivity contribution is 0.472. The molecule has 0 atom stereocenters. The maximum atomic E-state index is 9.37. The minimum atomic E-state index is 0.319. The predicted octanol–water partition coefficient (Wildman–Crippen LogP) is 2.96. The third-order valence-electron chi connectivity index (χ3n) is 2.62. The van der Waals surface area contributed by atoms with Crippen LogP contribution in [0.5, 0.6) is 5.75 Å². The van der Waals surface area contributed by atoms with Crippen LogP contribution in [0.15, 0.2) is 34.8 Å². The lowest BCUT2D eigenvalue weighted by atomic mass is 10.2. The molecule has 3 heteroatoms. The first kappa shape index (κ1) is 10.7. The van der Waals surface area contributed by atoms with Crippen LogP contribution in [-0.2, 0) is 6.54 Å². The molecule has 0 saturated heterocycles. The Hall–Kier alpha value is -0.800. The molecule has 2 nitrogen and oxygen atoms in total. The van der Waals surface area contributed by atoms with Gasteiger partial charge in [-0.1, -0.05) is 28.1 Å². The van der Waals surface area contributed by atoms with E-state index in [1.807, 2.05) is 6.07 Å². The van der Waals surface area contributed by atoms with E-state index in [4.69, 9.17) is 0 Å². The lowest BCUT2D eigenvalue weighted by Crippen LogP contribution is -2.25. The SMILES string of the molecule is Oc1ccc(Br)c(CNC2CC=CC2)c1. The number of phenolic OH excluding ortho intramolecular Hbond substituents is 1. The van der Waals surface area contributed by atoms with Crippen LogP contribution >= 0.6 is 15.9 Å². The van der Waals surface area contributed by atoms with Crippen LogP contribution in [0, 0.1) is 0 Å². The Kier molecular flexibility index (Phi) is 3.44. The molecule has 1 aliphatic carbocycles. The van der Waals surface area contributed by atoms with E-state index in [9.17, 15) is 5.11 Å². The van der Waals surface area contributed by atoms with Crippen LogP contribution in [0.4, 0.5) is 0 Å². The lowest BCUT2D eigenvalue weighted by Gasteiger charge is -2.13. The summed E-state index contributed by atoms with van der Waals surface area (Å²) < 4.78 is 1.04. The average Bonchev–Trinajstić information content (AvgIpc) is 2.72. The Balaban J connectivity index is 1.95. The molecule has 1 aromatic rings. The largest absolute Gasteiger partial charge is 0.508 e. The fourth-order valence-corrected chi connectivity index (χ4v) is 2.12. The maximum absolute atomic E-state index is 9.37. The van der Waals surface area contributed by atoms with E-state index in [1.54, 1.807) is 12.1 Å². The number of halogens is 1. The Bertz CT molecular complexity index is 368. The Morgan fingerprint density at radius 2 is 2.07 bits per heavy atom. The summed E-state index contributed by atoms with van der Waals surface area (Å²) in [6, 6.07) is 5.91. The maximum Gasteiger partial charge on any atom is 0.115 e. The average molecular weight is 268 g/mol. The van der Waals surface area contributed by atoms with Crippen LogP contribution in [0.1, 0.15) is 18.4 Å². The molecule has 0 radical (unpaired) electrons. The summed E-state index contributed by atoms with van der Waals surface area (Å²) in [4.78, 5) is 0. The zero-order chi connectivity index (χ0) is 10.7. The normalized spacial score (nSPS) is 16.1. The molecule has 2 rings (SSSR count). The molecule has 15 heavy (non-hydrogen) atoms. The van der Waals surface area contributed by atoms with Gasteiger partial charge in [-0.15, -0.1) is 0 Å². The molecule has 0 fully saturated rings. The molecule has 0 bridgehead atoms. The third-order valence-corrected chi connectivity index (χ3v) is 3.39. The molecular weight excluding hydrogens is 254 g/mol. The first-order chi connectivity index (χ1) is 7.25. The van der Waals surface area contributed by atoms with E-state index in [2.05, 4.69) is 33.4 Å². The Morgan fingerprint density at radius 1 is 1.33 bits per heavy atom. The van der Waals surface area contributed by atoms with Crippen molar-refractivity contribution in [1.82, 2.24) is 5.32 Å². The standard InChI is InChI=1S/C12H14BrNO/c13-12-6-5-11(15)7-9(12)8-14-10-3-1-2-4-10/h1-2,5-7,10,14-15H,3-4,8H2. The zero-order valence-electron chi connectivity index (χ0n) is 8.41. The second-order valence-electron chi connectivity index (χ2n) is 3.80. The minimum absolute atomic E-state index is 0.319. The second kappa shape index (κ2) is 4.81. The van der Waals surface area contributed by atoms with Crippen LogP contribution in [-0.4, -0.2) is 11.1 Å². The monoisotopic (exact) mass is 267 g/mol. The molecule has 0 heterocycles. The van der Waals surface area contributed by atoms with Gasteiger partial charge in [0.25, 0.3) is 0 Å². The van der Waals surface area contributed by atoms with Gasteiger partial charge in [0.2, 0.25) is 0 Å². The number of benzene rings is 1. The molecule has 0 spiro atoms. The molecular formula is C12H14BrNO. The van der Waals surface area contributed by atoms with Crippen molar-refractivity contribution in [1.29, 1.82) is 0 Å². The van der Waals surface area contributed by atoms with Crippen molar-refractivity contribution in [3.05, 3.63) is 40.4 Å². The number of hydrogen-bond donors (Lipinski definition) is 2. The van der Waals surface area contributed by atoms with Gasteiger partial charge in [-0.2, -0.15) is 0 Å². The van der Waals surface area contributed by atoms with Gasteiger partial charge in [-0.3, -0.25) is 0 Å². The predicted molar refractivity (Wildman–Crippen MR) is 64.8 cm³/mol. The Labute approximate surface area is 98.1 Å². The Morgan fingerprint density at radius 3 is 2.80 bits per heavy atom. The number of hydrogen-bond acceptors (Lipinski definition) is 2. The van der Waals surface area contributed by atoms with Crippen molar-refractivity contribution in [3.63, 3.8) is 0 Å². The van der Waals surface area contributed by atoms with Gasteiger partial charge in [0.05, 0.1) is 0 Å². The molecule has 0 aliphatic heterocycles. The molecule has 1 aromatic carbocycles. The molecule has 2 N–H and O–H groups in total. The van der Waals surface area contributed by atoms with Crippen molar-refractivity contribution >= 4 is 15.9 Å². The van der Waals surface area contributed by atoms with Crippen LogP contribution in [0.3, 0.4) is 0 Å².